The number of ether oxygens (including phenoxy) is 2. The van der Waals surface area contributed by atoms with Gasteiger partial charge in [0.05, 0.1) is 12.8 Å². The summed E-state index contributed by atoms with van der Waals surface area (Å²) in [5.41, 5.74) is 3.52. The molecule has 3 N–H and O–H groups in total. The molecule has 1 aromatic heterocycles. The maximum Gasteiger partial charge on any atom is 0.387 e. The van der Waals surface area contributed by atoms with Crippen molar-refractivity contribution in [2.45, 2.75) is 63.0 Å². The molecule has 1 atom stereocenters. The van der Waals surface area contributed by atoms with Crippen molar-refractivity contribution in [1.82, 2.24) is 9.78 Å². The molecule has 0 saturated heterocycles. The van der Waals surface area contributed by atoms with Crippen LogP contribution < -0.4 is 19.9 Å². The van der Waals surface area contributed by atoms with Crippen LogP contribution in [0.4, 0.5) is 19.3 Å². The quantitative estimate of drug-likeness (QED) is 0.716. The normalized spacial score (nSPS) is 18.4. The topological polar surface area (TPSA) is 121 Å². The lowest BCUT2D eigenvalue weighted by Crippen LogP contribution is -2.21. The van der Waals surface area contributed by atoms with Crippen LogP contribution in [0, 0.1) is 0 Å². The van der Waals surface area contributed by atoms with E-state index < -0.39 is 22.6 Å². The summed E-state index contributed by atoms with van der Waals surface area (Å²) in [6.07, 6.45) is 6.05. The van der Waals surface area contributed by atoms with Gasteiger partial charge in [0.25, 0.3) is 0 Å². The third-order valence-electron chi connectivity index (χ3n) is 6.07. The van der Waals surface area contributed by atoms with Crippen molar-refractivity contribution in [2.75, 3.05) is 11.9 Å². The molecule has 1 unspecified atom stereocenters. The fourth-order valence-electron chi connectivity index (χ4n) is 4.83. The lowest BCUT2D eigenvalue weighted by molar-refractivity contribution is -0.0509. The number of aryl methyl sites for hydroxylation is 1. The molecule has 0 fully saturated rings. The molecular weight excluding hydrogens is 444 g/mol. The van der Waals surface area contributed by atoms with Gasteiger partial charge in [-0.15, -0.1) is 4.36 Å². The summed E-state index contributed by atoms with van der Waals surface area (Å²) in [4.78, 5) is 12.9. The van der Waals surface area contributed by atoms with Crippen molar-refractivity contribution < 1.29 is 27.3 Å². The Hall–Kier alpha value is -2.73. The number of alkyl halides is 2. The van der Waals surface area contributed by atoms with Crippen LogP contribution in [0.15, 0.2) is 15.5 Å². The maximum atomic E-state index is 13.1. The second-order valence-corrected chi connectivity index (χ2v) is 9.79. The number of nitrogens with two attached hydrogens (primary N) is 1. The van der Waals surface area contributed by atoms with Gasteiger partial charge in [-0.05, 0) is 60.8 Å². The maximum absolute atomic E-state index is 13.1. The summed E-state index contributed by atoms with van der Waals surface area (Å²) < 4.78 is 54.8. The molecule has 2 aliphatic carbocycles. The van der Waals surface area contributed by atoms with E-state index in [1.54, 1.807) is 4.68 Å². The second kappa shape index (κ2) is 8.00. The van der Waals surface area contributed by atoms with Crippen molar-refractivity contribution in [1.29, 1.82) is 0 Å². The number of urea groups is 1. The minimum Gasteiger partial charge on any atom is -0.477 e. The highest BCUT2D eigenvalue weighted by molar-refractivity contribution is 7.91. The average Bonchev–Trinajstić information content (AvgIpc) is 3.49. The fraction of sp³-hybridized carbons (Fsp3) is 0.500. The van der Waals surface area contributed by atoms with Gasteiger partial charge in [-0.25, -0.2) is 18.8 Å². The number of rotatable bonds is 4. The SMILES string of the molecule is NS(=O)(=NC(=O)Nc1c2c(c(OC(F)F)c3c1CCC3)CCC2)c1cnn2c1OCCC2. The number of halogens is 2. The van der Waals surface area contributed by atoms with E-state index in [4.69, 9.17) is 14.6 Å². The van der Waals surface area contributed by atoms with E-state index in [2.05, 4.69) is 14.8 Å². The Bertz CT molecular complexity index is 1180. The highest BCUT2D eigenvalue weighted by atomic mass is 32.2. The Labute approximate surface area is 183 Å². The van der Waals surface area contributed by atoms with Crippen LogP contribution in [0.1, 0.15) is 41.5 Å². The first-order chi connectivity index (χ1) is 15.3. The first-order valence-electron chi connectivity index (χ1n) is 10.5. The highest BCUT2D eigenvalue weighted by Gasteiger charge is 2.32. The molecular formula is C20H23F2N5O4S. The third-order valence-corrected chi connectivity index (χ3v) is 7.42. The van der Waals surface area contributed by atoms with Gasteiger partial charge >= 0.3 is 12.6 Å². The van der Waals surface area contributed by atoms with Crippen molar-refractivity contribution in [2.24, 2.45) is 9.50 Å². The average molecular weight is 467 g/mol. The monoisotopic (exact) mass is 467 g/mol. The van der Waals surface area contributed by atoms with E-state index in [0.29, 0.717) is 55.6 Å². The van der Waals surface area contributed by atoms with E-state index in [1.807, 2.05) is 0 Å². The van der Waals surface area contributed by atoms with E-state index >= 15 is 0 Å². The summed E-state index contributed by atoms with van der Waals surface area (Å²) in [6.45, 7) is -1.88. The predicted octanol–water partition coefficient (Wildman–Crippen LogP) is 3.18. The van der Waals surface area contributed by atoms with Gasteiger partial charge in [0.1, 0.15) is 10.6 Å². The molecule has 2 aromatic rings. The number of nitrogens with zero attached hydrogens (tertiary/aromatic N) is 3. The fourth-order valence-corrected chi connectivity index (χ4v) is 5.84. The van der Waals surface area contributed by atoms with Gasteiger partial charge < -0.3 is 14.8 Å². The molecule has 12 heteroatoms. The minimum atomic E-state index is -3.60. The number of fused-ring (bicyclic) bond motifs is 3. The van der Waals surface area contributed by atoms with E-state index in [0.717, 1.165) is 30.4 Å². The zero-order chi connectivity index (χ0) is 22.5. The molecule has 0 spiro atoms. The largest absolute Gasteiger partial charge is 0.477 e. The number of hydrogen-bond acceptors (Lipinski definition) is 5. The van der Waals surface area contributed by atoms with Crippen LogP contribution in [0.25, 0.3) is 0 Å². The molecule has 0 saturated carbocycles. The Morgan fingerprint density at radius 3 is 2.50 bits per heavy atom. The molecule has 3 aliphatic rings. The van der Waals surface area contributed by atoms with Crippen LogP contribution in [0.2, 0.25) is 0 Å². The van der Waals surface area contributed by atoms with E-state index in [-0.39, 0.29) is 16.5 Å². The van der Waals surface area contributed by atoms with Gasteiger partial charge in [-0.3, -0.25) is 0 Å². The van der Waals surface area contributed by atoms with E-state index in [9.17, 15) is 17.8 Å². The first kappa shape index (κ1) is 21.1. The Morgan fingerprint density at radius 2 is 1.84 bits per heavy atom. The van der Waals surface area contributed by atoms with Gasteiger partial charge in [0, 0.05) is 18.7 Å². The van der Waals surface area contributed by atoms with Gasteiger partial charge in [0.15, 0.2) is 9.92 Å². The number of nitrogens with one attached hydrogen (secondary N) is 1. The van der Waals surface area contributed by atoms with Gasteiger partial charge in [0.2, 0.25) is 5.88 Å². The highest BCUT2D eigenvalue weighted by Crippen LogP contribution is 2.46. The Morgan fingerprint density at radius 1 is 1.19 bits per heavy atom. The number of anilines is 1. The Kier molecular flexibility index (Phi) is 5.28. The molecule has 2 heterocycles. The van der Waals surface area contributed by atoms with Crippen LogP contribution in [-0.4, -0.2) is 33.2 Å². The molecule has 172 valence electrons. The van der Waals surface area contributed by atoms with Crippen LogP contribution in [0.5, 0.6) is 11.6 Å². The number of benzene rings is 1. The smallest absolute Gasteiger partial charge is 0.387 e. The second-order valence-electron chi connectivity index (χ2n) is 8.03. The first-order valence-corrected chi connectivity index (χ1v) is 12.1. The summed E-state index contributed by atoms with van der Waals surface area (Å²) >= 11 is 0. The molecule has 32 heavy (non-hydrogen) atoms. The number of carbonyl (C=O) groups is 1. The number of amides is 2. The minimum absolute atomic E-state index is 0.0727. The summed E-state index contributed by atoms with van der Waals surface area (Å²) in [6, 6.07) is -0.862. The van der Waals surface area contributed by atoms with Crippen LogP contribution in [-0.2, 0) is 42.1 Å². The van der Waals surface area contributed by atoms with Gasteiger partial charge in [-0.2, -0.15) is 13.9 Å². The summed E-state index contributed by atoms with van der Waals surface area (Å²) in [5.74, 6) is 0.511. The van der Waals surface area contributed by atoms with Crippen LogP contribution in [0.3, 0.4) is 0 Å². The predicted molar refractivity (Wildman–Crippen MR) is 112 cm³/mol. The molecule has 2 amide bonds. The zero-order valence-electron chi connectivity index (χ0n) is 17.2. The lowest BCUT2D eigenvalue weighted by Gasteiger charge is -2.20. The Balaban J connectivity index is 1.50. The summed E-state index contributed by atoms with van der Waals surface area (Å²) in [7, 11) is -3.60. The van der Waals surface area contributed by atoms with Crippen molar-refractivity contribution in [3.05, 3.63) is 28.5 Å². The molecule has 1 aliphatic heterocycles. The molecule has 0 radical (unpaired) electrons. The molecule has 1 aromatic carbocycles. The van der Waals surface area contributed by atoms with Crippen molar-refractivity contribution in [3.8, 4) is 11.6 Å². The van der Waals surface area contributed by atoms with Crippen LogP contribution >= 0.6 is 0 Å². The molecule has 5 rings (SSSR count). The molecule has 9 nitrogen and oxygen atoms in total. The standard InChI is InChI=1S/C20H23F2N5O4S/c21-19(22)31-17-13-6-1-4-11(13)16(12-5-2-7-14(12)17)25-20(28)26-32(23,29)15-10-24-27-8-3-9-30-18(15)27/h10,19H,1-9H2,(H3,23,25,26,28,29). The number of aromatic nitrogens is 2. The van der Waals surface area contributed by atoms with Crippen molar-refractivity contribution in [3.63, 3.8) is 0 Å². The summed E-state index contributed by atoms with van der Waals surface area (Å²) in [5, 5.41) is 12.8. The number of hydrogen-bond donors (Lipinski definition) is 2. The van der Waals surface area contributed by atoms with Crippen molar-refractivity contribution >= 4 is 21.6 Å². The molecule has 0 bridgehead atoms. The zero-order valence-corrected chi connectivity index (χ0v) is 18.1. The lowest BCUT2D eigenvalue weighted by atomic mass is 9.97. The third kappa shape index (κ3) is 3.60. The number of carbonyl (C=O) groups excluding carboxylic acids is 1. The van der Waals surface area contributed by atoms with E-state index in [1.165, 1.54) is 6.20 Å². The van der Waals surface area contributed by atoms with Gasteiger partial charge in [-0.1, -0.05) is 0 Å².